The SMILES string of the molecule is CCCOc1ccc(-c2nn(-c3ccccc3)cc2C=C(C#N)C(=O)NCc2cccnc2)cc1C. The minimum Gasteiger partial charge on any atom is -0.493 e. The number of amides is 1. The average Bonchev–Trinajstić information content (AvgIpc) is 3.34. The number of nitriles is 1. The molecule has 0 spiro atoms. The molecule has 0 unspecified atom stereocenters. The molecule has 0 radical (unpaired) electrons. The molecule has 180 valence electrons. The van der Waals surface area contributed by atoms with Crippen molar-refractivity contribution in [1.82, 2.24) is 20.1 Å². The van der Waals surface area contributed by atoms with Crippen molar-refractivity contribution in [2.75, 3.05) is 6.61 Å². The lowest BCUT2D eigenvalue weighted by Crippen LogP contribution is -2.24. The van der Waals surface area contributed by atoms with E-state index in [4.69, 9.17) is 9.84 Å². The van der Waals surface area contributed by atoms with Crippen molar-refractivity contribution < 1.29 is 9.53 Å². The van der Waals surface area contributed by atoms with E-state index < -0.39 is 5.91 Å². The number of hydrogen-bond donors (Lipinski definition) is 1. The number of pyridine rings is 1. The van der Waals surface area contributed by atoms with Crippen LogP contribution >= 0.6 is 0 Å². The molecular formula is C29H27N5O2. The molecule has 0 fully saturated rings. The Labute approximate surface area is 210 Å². The maximum absolute atomic E-state index is 12.8. The first kappa shape index (κ1) is 24.4. The van der Waals surface area contributed by atoms with Crippen molar-refractivity contribution >= 4 is 12.0 Å². The Bertz CT molecular complexity index is 1400. The minimum atomic E-state index is -0.459. The Morgan fingerprint density at radius 1 is 1.17 bits per heavy atom. The average molecular weight is 478 g/mol. The van der Waals surface area contributed by atoms with Crippen molar-refractivity contribution in [1.29, 1.82) is 5.26 Å². The zero-order valence-electron chi connectivity index (χ0n) is 20.3. The molecule has 0 aliphatic rings. The number of para-hydroxylation sites is 1. The number of nitrogens with one attached hydrogen (secondary N) is 1. The monoisotopic (exact) mass is 477 g/mol. The number of aromatic nitrogens is 3. The van der Waals surface area contributed by atoms with Crippen molar-refractivity contribution in [3.63, 3.8) is 0 Å². The maximum Gasteiger partial charge on any atom is 0.262 e. The molecule has 36 heavy (non-hydrogen) atoms. The van der Waals surface area contributed by atoms with Gasteiger partial charge in [-0.3, -0.25) is 9.78 Å². The molecule has 0 bridgehead atoms. The summed E-state index contributed by atoms with van der Waals surface area (Å²) in [5.41, 5.74) is 4.89. The van der Waals surface area contributed by atoms with Crippen molar-refractivity contribution in [2.24, 2.45) is 0 Å². The van der Waals surface area contributed by atoms with Gasteiger partial charge in [-0.1, -0.05) is 31.2 Å². The summed E-state index contributed by atoms with van der Waals surface area (Å²) in [6.45, 7) is 4.99. The number of nitrogens with zero attached hydrogens (tertiary/aromatic N) is 4. The first-order valence-corrected chi connectivity index (χ1v) is 11.8. The zero-order valence-corrected chi connectivity index (χ0v) is 20.3. The van der Waals surface area contributed by atoms with Crippen LogP contribution < -0.4 is 10.1 Å². The lowest BCUT2D eigenvalue weighted by molar-refractivity contribution is -0.117. The third kappa shape index (κ3) is 5.86. The highest BCUT2D eigenvalue weighted by molar-refractivity contribution is 6.02. The second-order valence-electron chi connectivity index (χ2n) is 8.26. The third-order valence-corrected chi connectivity index (χ3v) is 5.51. The molecule has 7 heteroatoms. The van der Waals surface area contributed by atoms with Gasteiger partial charge >= 0.3 is 0 Å². The maximum atomic E-state index is 12.8. The van der Waals surface area contributed by atoms with Crippen LogP contribution in [0.1, 0.15) is 30.0 Å². The molecule has 7 nitrogen and oxygen atoms in total. The van der Waals surface area contributed by atoms with Crippen LogP contribution in [0, 0.1) is 18.3 Å². The number of hydrogen-bond acceptors (Lipinski definition) is 5. The highest BCUT2D eigenvalue weighted by Gasteiger charge is 2.16. The third-order valence-electron chi connectivity index (χ3n) is 5.51. The Balaban J connectivity index is 1.69. The summed E-state index contributed by atoms with van der Waals surface area (Å²) >= 11 is 0. The van der Waals surface area contributed by atoms with Crippen LogP contribution in [0.3, 0.4) is 0 Å². The minimum absolute atomic E-state index is 0.00706. The van der Waals surface area contributed by atoms with Crippen molar-refractivity contribution in [2.45, 2.75) is 26.8 Å². The van der Waals surface area contributed by atoms with Gasteiger partial charge in [0.15, 0.2) is 0 Å². The van der Waals surface area contributed by atoms with E-state index in [1.807, 2.05) is 73.8 Å². The Kier molecular flexibility index (Phi) is 7.89. The largest absolute Gasteiger partial charge is 0.493 e. The van der Waals surface area contributed by atoms with Gasteiger partial charge < -0.3 is 10.1 Å². The molecule has 0 atom stereocenters. The Hall–Kier alpha value is -4.70. The zero-order chi connectivity index (χ0) is 25.3. The summed E-state index contributed by atoms with van der Waals surface area (Å²) in [5, 5.41) is 17.4. The van der Waals surface area contributed by atoms with Gasteiger partial charge in [-0.25, -0.2) is 4.68 Å². The molecule has 1 N–H and O–H groups in total. The van der Waals surface area contributed by atoms with Crippen LogP contribution in [-0.2, 0) is 11.3 Å². The first-order valence-electron chi connectivity index (χ1n) is 11.8. The van der Waals surface area contributed by atoms with Gasteiger partial charge in [-0.2, -0.15) is 10.4 Å². The number of aryl methyl sites for hydroxylation is 1. The summed E-state index contributed by atoms with van der Waals surface area (Å²) in [6, 6.07) is 21.3. The molecular weight excluding hydrogens is 450 g/mol. The van der Waals surface area contributed by atoms with Gasteiger partial charge in [0.1, 0.15) is 23.1 Å². The predicted octanol–water partition coefficient (Wildman–Crippen LogP) is 5.25. The standard InChI is InChI=1S/C29H27N5O2/c1-3-14-36-27-12-11-23(15-21(27)2)28-25(20-34(33-28)26-9-5-4-6-10-26)16-24(17-30)29(35)32-19-22-8-7-13-31-18-22/h4-13,15-16,18,20H,3,14,19H2,1-2H3,(H,32,35). The number of carbonyl (C=O) groups excluding carboxylic acids is 1. The van der Waals surface area contributed by atoms with E-state index in [9.17, 15) is 10.1 Å². The van der Waals surface area contributed by atoms with Gasteiger partial charge in [0.05, 0.1) is 12.3 Å². The van der Waals surface area contributed by atoms with Gasteiger partial charge in [0, 0.05) is 36.3 Å². The van der Waals surface area contributed by atoms with E-state index in [2.05, 4.69) is 17.2 Å². The summed E-state index contributed by atoms with van der Waals surface area (Å²) in [4.78, 5) is 16.9. The summed E-state index contributed by atoms with van der Waals surface area (Å²) in [6.07, 6.45) is 7.68. The second-order valence-corrected chi connectivity index (χ2v) is 8.26. The molecule has 2 aromatic heterocycles. The number of benzene rings is 2. The van der Waals surface area contributed by atoms with E-state index in [0.29, 0.717) is 17.9 Å². The van der Waals surface area contributed by atoms with Crippen molar-refractivity contribution in [3.8, 4) is 28.8 Å². The molecule has 0 saturated carbocycles. The summed E-state index contributed by atoms with van der Waals surface area (Å²) in [7, 11) is 0. The van der Waals surface area contributed by atoms with E-state index in [1.165, 1.54) is 0 Å². The molecule has 4 aromatic rings. The van der Waals surface area contributed by atoms with Gasteiger partial charge in [-0.15, -0.1) is 0 Å². The number of rotatable bonds is 9. The van der Waals surface area contributed by atoms with Gasteiger partial charge in [0.25, 0.3) is 5.91 Å². The van der Waals surface area contributed by atoms with Crippen LogP contribution in [-0.4, -0.2) is 27.3 Å². The van der Waals surface area contributed by atoms with Crippen LogP contribution in [0.5, 0.6) is 5.75 Å². The van der Waals surface area contributed by atoms with Gasteiger partial charge in [-0.05, 0) is 66.9 Å². The second kappa shape index (κ2) is 11.6. The highest BCUT2D eigenvalue weighted by Crippen LogP contribution is 2.30. The van der Waals surface area contributed by atoms with E-state index in [0.717, 1.165) is 34.5 Å². The lowest BCUT2D eigenvalue weighted by Gasteiger charge is -2.09. The Morgan fingerprint density at radius 2 is 2.00 bits per heavy atom. The molecule has 2 heterocycles. The molecule has 0 saturated heterocycles. The quantitative estimate of drug-likeness (QED) is 0.262. The van der Waals surface area contributed by atoms with E-state index >= 15 is 0 Å². The van der Waals surface area contributed by atoms with E-state index in [1.54, 1.807) is 29.2 Å². The molecule has 4 rings (SSSR count). The van der Waals surface area contributed by atoms with Crippen LogP contribution in [0.2, 0.25) is 0 Å². The molecule has 0 aliphatic carbocycles. The van der Waals surface area contributed by atoms with E-state index in [-0.39, 0.29) is 12.1 Å². The summed E-state index contributed by atoms with van der Waals surface area (Å²) < 4.78 is 7.57. The molecule has 2 aromatic carbocycles. The summed E-state index contributed by atoms with van der Waals surface area (Å²) in [5.74, 6) is 0.368. The first-order chi connectivity index (χ1) is 17.6. The number of carbonyl (C=O) groups is 1. The number of ether oxygens (including phenoxy) is 1. The smallest absolute Gasteiger partial charge is 0.262 e. The fraction of sp³-hybridized carbons (Fsp3) is 0.172. The normalized spacial score (nSPS) is 11.1. The highest BCUT2D eigenvalue weighted by atomic mass is 16.5. The fourth-order valence-electron chi connectivity index (χ4n) is 3.69. The topological polar surface area (TPSA) is 92.8 Å². The van der Waals surface area contributed by atoms with Crippen LogP contribution in [0.15, 0.2) is 84.8 Å². The van der Waals surface area contributed by atoms with Crippen molar-refractivity contribution in [3.05, 3.63) is 102 Å². The lowest BCUT2D eigenvalue weighted by atomic mass is 10.0. The molecule has 1 amide bonds. The molecule has 0 aliphatic heterocycles. The fourth-order valence-corrected chi connectivity index (χ4v) is 3.69. The Morgan fingerprint density at radius 3 is 2.69 bits per heavy atom. The van der Waals surface area contributed by atoms with Crippen LogP contribution in [0.25, 0.3) is 23.0 Å². The predicted molar refractivity (Wildman–Crippen MR) is 139 cm³/mol. The van der Waals surface area contributed by atoms with Crippen LogP contribution in [0.4, 0.5) is 0 Å². The van der Waals surface area contributed by atoms with Gasteiger partial charge in [0.2, 0.25) is 0 Å².